The Morgan fingerprint density at radius 3 is 1.78 bits per heavy atom. The second-order valence-corrected chi connectivity index (χ2v) is 8.61. The fourth-order valence-corrected chi connectivity index (χ4v) is 4.09. The maximum atomic E-state index is 10.3. The highest BCUT2D eigenvalue weighted by Crippen LogP contribution is 2.27. The van der Waals surface area contributed by atoms with E-state index in [9.17, 15) is 5.11 Å². The number of hydrogen-bond donors (Lipinski definition) is 1. The van der Waals surface area contributed by atoms with E-state index in [4.69, 9.17) is 0 Å². The normalized spacial score (nSPS) is 13.5. The zero-order valence-corrected chi connectivity index (χ0v) is 19.2. The van der Waals surface area contributed by atoms with Crippen molar-refractivity contribution in [1.82, 2.24) is 0 Å². The molecule has 2 unspecified atom stereocenters. The van der Waals surface area contributed by atoms with Crippen molar-refractivity contribution in [2.45, 2.75) is 45.4 Å². The topological polar surface area (TPSA) is 20.2 Å². The summed E-state index contributed by atoms with van der Waals surface area (Å²) in [4.78, 5) is 0. The molecular formula is C31H36O. The van der Waals surface area contributed by atoms with Gasteiger partial charge in [-0.2, -0.15) is 0 Å². The van der Waals surface area contributed by atoms with Crippen LogP contribution < -0.4 is 0 Å². The summed E-state index contributed by atoms with van der Waals surface area (Å²) < 4.78 is 0. The van der Waals surface area contributed by atoms with E-state index in [1.165, 1.54) is 30.4 Å². The quantitative estimate of drug-likeness (QED) is 0.309. The molecule has 166 valence electrons. The molecule has 3 aromatic carbocycles. The van der Waals surface area contributed by atoms with Gasteiger partial charge in [-0.25, -0.2) is 0 Å². The Labute approximate surface area is 194 Å². The summed E-state index contributed by atoms with van der Waals surface area (Å²) in [6.45, 7) is 2.27. The summed E-state index contributed by atoms with van der Waals surface area (Å²) in [5.41, 5.74) is 3.52. The Morgan fingerprint density at radius 2 is 1.19 bits per heavy atom. The molecule has 0 bridgehead atoms. The van der Waals surface area contributed by atoms with Crippen molar-refractivity contribution in [3.8, 4) is 5.75 Å². The van der Waals surface area contributed by atoms with Gasteiger partial charge in [0.1, 0.15) is 5.75 Å². The molecule has 32 heavy (non-hydrogen) atoms. The van der Waals surface area contributed by atoms with Crippen molar-refractivity contribution >= 4 is 12.2 Å². The summed E-state index contributed by atoms with van der Waals surface area (Å²) in [6, 6.07) is 28.8. The van der Waals surface area contributed by atoms with E-state index in [1.54, 1.807) is 6.07 Å². The maximum absolute atomic E-state index is 10.3. The van der Waals surface area contributed by atoms with Crippen molar-refractivity contribution < 1.29 is 5.11 Å². The van der Waals surface area contributed by atoms with Crippen LogP contribution in [0.4, 0.5) is 0 Å². The van der Waals surface area contributed by atoms with Crippen molar-refractivity contribution in [1.29, 1.82) is 0 Å². The highest BCUT2D eigenvalue weighted by atomic mass is 16.3. The molecule has 0 spiro atoms. The lowest BCUT2D eigenvalue weighted by molar-refractivity contribution is 0.439. The highest BCUT2D eigenvalue weighted by Gasteiger charge is 2.13. The molecule has 0 aromatic heterocycles. The number of hydrogen-bond acceptors (Lipinski definition) is 1. The number of rotatable bonds is 12. The monoisotopic (exact) mass is 424 g/mol. The van der Waals surface area contributed by atoms with Gasteiger partial charge in [0.15, 0.2) is 0 Å². The predicted octanol–water partition coefficient (Wildman–Crippen LogP) is 8.56. The first-order chi connectivity index (χ1) is 15.7. The summed E-state index contributed by atoms with van der Waals surface area (Å²) in [5.74, 6) is 1.36. The first kappa shape index (κ1) is 23.6. The van der Waals surface area contributed by atoms with E-state index in [2.05, 4.69) is 85.8 Å². The van der Waals surface area contributed by atoms with E-state index in [-0.39, 0.29) is 0 Å². The van der Waals surface area contributed by atoms with Gasteiger partial charge in [-0.15, -0.1) is 0 Å². The highest BCUT2D eigenvalue weighted by molar-refractivity contribution is 5.50. The van der Waals surface area contributed by atoms with Crippen LogP contribution in [0.1, 0.15) is 55.7 Å². The van der Waals surface area contributed by atoms with Gasteiger partial charge in [-0.1, -0.05) is 123 Å². The molecule has 0 aliphatic carbocycles. The fraction of sp³-hybridized carbons (Fsp3) is 0.290. The van der Waals surface area contributed by atoms with Crippen LogP contribution in [0.25, 0.3) is 12.2 Å². The lowest BCUT2D eigenvalue weighted by Gasteiger charge is -2.18. The maximum Gasteiger partial charge on any atom is 0.118 e. The van der Waals surface area contributed by atoms with Crippen LogP contribution in [0.3, 0.4) is 0 Å². The van der Waals surface area contributed by atoms with Crippen molar-refractivity contribution in [2.75, 3.05) is 0 Å². The largest absolute Gasteiger partial charge is 0.508 e. The lowest BCUT2D eigenvalue weighted by Crippen LogP contribution is -2.06. The van der Waals surface area contributed by atoms with E-state index in [1.807, 2.05) is 24.3 Å². The van der Waals surface area contributed by atoms with Gasteiger partial charge in [-0.05, 0) is 60.3 Å². The summed E-state index contributed by atoms with van der Waals surface area (Å²) in [5, 5.41) is 10.3. The number of allylic oxidation sites excluding steroid dienone is 2. The van der Waals surface area contributed by atoms with Crippen LogP contribution >= 0.6 is 0 Å². The molecule has 3 rings (SSSR count). The first-order valence-corrected chi connectivity index (χ1v) is 12.0. The number of aromatic hydroxyl groups is 1. The Morgan fingerprint density at radius 1 is 0.656 bits per heavy atom. The third kappa shape index (κ3) is 8.23. The number of phenols is 1. The Balaban J connectivity index is 1.71. The minimum absolute atomic E-state index is 0.387. The fourth-order valence-electron chi connectivity index (χ4n) is 4.09. The molecule has 0 aliphatic heterocycles. The van der Waals surface area contributed by atoms with E-state index in [0.29, 0.717) is 17.6 Å². The zero-order chi connectivity index (χ0) is 22.4. The van der Waals surface area contributed by atoms with Gasteiger partial charge in [0.25, 0.3) is 0 Å². The molecule has 1 nitrogen and oxygen atoms in total. The molecule has 3 aromatic rings. The molecule has 0 radical (unpaired) electrons. The van der Waals surface area contributed by atoms with Crippen LogP contribution in [0.5, 0.6) is 5.75 Å². The van der Waals surface area contributed by atoms with E-state index in [0.717, 1.165) is 24.8 Å². The minimum atomic E-state index is 0.387. The lowest BCUT2D eigenvalue weighted by atomic mass is 9.87. The average Bonchev–Trinajstić information content (AvgIpc) is 2.84. The zero-order valence-electron chi connectivity index (χ0n) is 19.2. The molecular weight excluding hydrogens is 388 g/mol. The third-order valence-electron chi connectivity index (χ3n) is 6.03. The molecule has 0 heterocycles. The van der Waals surface area contributed by atoms with Gasteiger partial charge < -0.3 is 5.11 Å². The predicted molar refractivity (Wildman–Crippen MR) is 139 cm³/mol. The van der Waals surface area contributed by atoms with Gasteiger partial charge in [0.05, 0.1) is 0 Å². The first-order valence-electron chi connectivity index (χ1n) is 12.0. The second-order valence-electron chi connectivity index (χ2n) is 8.61. The summed E-state index contributed by atoms with van der Waals surface area (Å²) in [6.07, 6.45) is 16.1. The molecule has 0 fully saturated rings. The molecule has 1 N–H and O–H groups in total. The number of para-hydroxylation sites is 1. The van der Waals surface area contributed by atoms with Crippen LogP contribution in [0, 0.1) is 11.8 Å². The van der Waals surface area contributed by atoms with Crippen molar-refractivity contribution in [2.24, 2.45) is 11.8 Å². The summed E-state index contributed by atoms with van der Waals surface area (Å²) in [7, 11) is 0. The third-order valence-corrected chi connectivity index (χ3v) is 6.03. The molecule has 0 saturated carbocycles. The van der Waals surface area contributed by atoms with Crippen LogP contribution in [0.2, 0.25) is 0 Å². The number of phenolic OH excluding ortho intramolecular Hbond substituents is 1. The van der Waals surface area contributed by atoms with Crippen molar-refractivity contribution in [3.05, 3.63) is 114 Å². The van der Waals surface area contributed by atoms with E-state index < -0.39 is 0 Å². The molecule has 0 aliphatic rings. The molecule has 1 heteroatoms. The minimum Gasteiger partial charge on any atom is -0.508 e. The van der Waals surface area contributed by atoms with Gasteiger partial charge >= 0.3 is 0 Å². The van der Waals surface area contributed by atoms with Gasteiger partial charge in [-0.3, -0.25) is 0 Å². The smallest absolute Gasteiger partial charge is 0.118 e. The van der Waals surface area contributed by atoms with Crippen LogP contribution in [0.15, 0.2) is 97.1 Å². The van der Waals surface area contributed by atoms with Gasteiger partial charge in [0, 0.05) is 0 Å². The van der Waals surface area contributed by atoms with E-state index >= 15 is 0 Å². The van der Waals surface area contributed by atoms with Gasteiger partial charge in [0.2, 0.25) is 0 Å². The Kier molecular flexibility index (Phi) is 9.86. The molecule has 2 atom stereocenters. The molecule has 0 saturated heterocycles. The number of unbranched alkanes of at least 4 members (excludes halogenated alkanes) is 1. The SMILES string of the molecule is CCCCC(C=Cc1ccccc1)CCC(C=Cc1ccccc1)Cc1ccccc1O. The standard InChI is InChI=1S/C31H36O/c1-2-3-12-28(20-19-26-13-6-4-7-14-26)22-24-29(23-21-27-15-8-5-9-16-27)25-30-17-10-11-18-31(30)32/h4-11,13-21,23,28-29,32H,2-3,12,22,24-25H2,1H3. The summed E-state index contributed by atoms with van der Waals surface area (Å²) >= 11 is 0. The van der Waals surface area contributed by atoms with Crippen molar-refractivity contribution in [3.63, 3.8) is 0 Å². The Hall–Kier alpha value is -3.06. The Bertz CT molecular complexity index is 956. The van der Waals surface area contributed by atoms with Crippen LogP contribution in [-0.4, -0.2) is 5.11 Å². The average molecular weight is 425 g/mol. The van der Waals surface area contributed by atoms with Crippen LogP contribution in [-0.2, 0) is 6.42 Å². The second kappa shape index (κ2) is 13.4. The number of benzene rings is 3. The molecule has 0 amide bonds.